The summed E-state index contributed by atoms with van der Waals surface area (Å²) in [6.07, 6.45) is 0. The second-order valence-electron chi connectivity index (χ2n) is 5.58. The number of likely N-dealkylation sites (N-methyl/N-ethyl adjacent to an activating group) is 1. The molecule has 0 saturated heterocycles. The van der Waals surface area contributed by atoms with Crippen molar-refractivity contribution in [3.05, 3.63) is 17.0 Å². The topological polar surface area (TPSA) is 41.3 Å². The fourth-order valence-corrected chi connectivity index (χ4v) is 2.32. The molecule has 1 N–H and O–H groups in total. The summed E-state index contributed by atoms with van der Waals surface area (Å²) in [6.45, 7) is 15.5. The van der Waals surface area contributed by atoms with E-state index in [0.29, 0.717) is 6.54 Å². The van der Waals surface area contributed by atoms with Crippen molar-refractivity contribution in [2.75, 3.05) is 13.1 Å². The molecule has 0 aliphatic rings. The van der Waals surface area contributed by atoms with Crippen LogP contribution in [0, 0.1) is 13.8 Å². The molecule has 4 nitrogen and oxygen atoms in total. The number of hydrogen-bond donors (Lipinski definition) is 1. The van der Waals surface area contributed by atoms with E-state index in [-0.39, 0.29) is 0 Å². The lowest BCUT2D eigenvalue weighted by molar-refractivity contribution is 0.0352. The number of aryl methyl sites for hydroxylation is 2. The van der Waals surface area contributed by atoms with Crippen molar-refractivity contribution in [1.29, 1.82) is 0 Å². The largest absolute Gasteiger partial charge is 0.389 e. The van der Waals surface area contributed by atoms with Crippen molar-refractivity contribution in [2.24, 2.45) is 0 Å². The molecule has 4 heteroatoms. The molecule has 0 saturated carbocycles. The Morgan fingerprint density at radius 2 is 1.89 bits per heavy atom. The molecule has 0 spiro atoms. The Kier molecular flexibility index (Phi) is 4.93. The zero-order valence-corrected chi connectivity index (χ0v) is 12.6. The fraction of sp³-hybridized carbons (Fsp3) is 0.786. The SMILES string of the molecule is CCN(Cc1c(C)nn(CC)c1C)CC(C)(C)O. The number of aliphatic hydroxyl groups is 1. The smallest absolute Gasteiger partial charge is 0.0718 e. The molecule has 0 amide bonds. The maximum absolute atomic E-state index is 9.92. The van der Waals surface area contributed by atoms with Crippen LogP contribution in [0.2, 0.25) is 0 Å². The van der Waals surface area contributed by atoms with Crippen LogP contribution in [0.5, 0.6) is 0 Å². The Balaban J connectivity index is 2.85. The average Bonchev–Trinajstić information content (AvgIpc) is 2.53. The van der Waals surface area contributed by atoms with Crippen LogP contribution in [-0.2, 0) is 13.1 Å². The van der Waals surface area contributed by atoms with E-state index < -0.39 is 5.60 Å². The summed E-state index contributed by atoms with van der Waals surface area (Å²) < 4.78 is 2.04. The third kappa shape index (κ3) is 3.82. The van der Waals surface area contributed by atoms with Gasteiger partial charge >= 0.3 is 0 Å². The van der Waals surface area contributed by atoms with E-state index in [4.69, 9.17) is 0 Å². The van der Waals surface area contributed by atoms with Gasteiger partial charge in [-0.3, -0.25) is 9.58 Å². The first-order chi connectivity index (χ1) is 8.28. The summed E-state index contributed by atoms with van der Waals surface area (Å²) in [7, 11) is 0. The van der Waals surface area contributed by atoms with Crippen molar-refractivity contribution >= 4 is 0 Å². The lowest BCUT2D eigenvalue weighted by atomic mass is 10.1. The average molecular weight is 253 g/mol. The Bertz CT molecular complexity index is 390. The second-order valence-corrected chi connectivity index (χ2v) is 5.58. The molecule has 0 radical (unpaired) electrons. The maximum atomic E-state index is 9.92. The summed E-state index contributed by atoms with van der Waals surface area (Å²) >= 11 is 0. The van der Waals surface area contributed by atoms with E-state index in [0.717, 1.165) is 25.3 Å². The molecule has 0 bridgehead atoms. The summed E-state index contributed by atoms with van der Waals surface area (Å²) in [5.41, 5.74) is 2.98. The monoisotopic (exact) mass is 253 g/mol. The highest BCUT2D eigenvalue weighted by Gasteiger charge is 2.20. The van der Waals surface area contributed by atoms with Crippen LogP contribution < -0.4 is 0 Å². The number of hydrogen-bond acceptors (Lipinski definition) is 3. The van der Waals surface area contributed by atoms with Crippen LogP contribution in [0.3, 0.4) is 0 Å². The maximum Gasteiger partial charge on any atom is 0.0718 e. The van der Waals surface area contributed by atoms with Gasteiger partial charge in [-0.05, 0) is 41.2 Å². The van der Waals surface area contributed by atoms with Gasteiger partial charge in [0.05, 0.1) is 11.3 Å². The van der Waals surface area contributed by atoms with Crippen molar-refractivity contribution < 1.29 is 5.11 Å². The Morgan fingerprint density at radius 1 is 1.28 bits per heavy atom. The lowest BCUT2D eigenvalue weighted by Gasteiger charge is -2.28. The van der Waals surface area contributed by atoms with Crippen LogP contribution in [0.1, 0.15) is 44.6 Å². The van der Waals surface area contributed by atoms with E-state index >= 15 is 0 Å². The van der Waals surface area contributed by atoms with Gasteiger partial charge in [0, 0.05) is 30.9 Å². The Morgan fingerprint density at radius 3 is 2.28 bits per heavy atom. The zero-order valence-electron chi connectivity index (χ0n) is 12.6. The van der Waals surface area contributed by atoms with E-state index in [1.807, 2.05) is 18.5 Å². The van der Waals surface area contributed by atoms with E-state index in [1.54, 1.807) is 0 Å². The second kappa shape index (κ2) is 5.85. The zero-order chi connectivity index (χ0) is 13.9. The number of rotatable bonds is 6. The van der Waals surface area contributed by atoms with Gasteiger partial charge in [0.1, 0.15) is 0 Å². The third-order valence-electron chi connectivity index (χ3n) is 3.27. The van der Waals surface area contributed by atoms with Crippen LogP contribution >= 0.6 is 0 Å². The molecule has 1 heterocycles. The van der Waals surface area contributed by atoms with Gasteiger partial charge in [-0.15, -0.1) is 0 Å². The third-order valence-corrected chi connectivity index (χ3v) is 3.27. The van der Waals surface area contributed by atoms with Gasteiger partial charge in [-0.2, -0.15) is 5.10 Å². The predicted molar refractivity (Wildman–Crippen MR) is 74.6 cm³/mol. The van der Waals surface area contributed by atoms with E-state index in [9.17, 15) is 5.11 Å². The Labute approximate surface area is 111 Å². The van der Waals surface area contributed by atoms with Gasteiger partial charge in [0.25, 0.3) is 0 Å². The minimum absolute atomic E-state index is 0.654. The molecular weight excluding hydrogens is 226 g/mol. The molecule has 1 aromatic heterocycles. The molecule has 0 unspecified atom stereocenters. The number of nitrogens with zero attached hydrogens (tertiary/aromatic N) is 3. The fourth-order valence-electron chi connectivity index (χ4n) is 2.32. The number of aromatic nitrogens is 2. The lowest BCUT2D eigenvalue weighted by Crippen LogP contribution is -2.38. The standard InChI is InChI=1S/C14H27N3O/c1-7-16(10-14(5,6)18)9-13-11(3)15-17(8-2)12(13)4/h18H,7-10H2,1-6H3. The molecular formula is C14H27N3O. The van der Waals surface area contributed by atoms with Gasteiger partial charge < -0.3 is 5.11 Å². The molecule has 0 fully saturated rings. The molecule has 104 valence electrons. The van der Waals surface area contributed by atoms with Crippen molar-refractivity contribution in [3.8, 4) is 0 Å². The van der Waals surface area contributed by atoms with Crippen LogP contribution in [0.25, 0.3) is 0 Å². The molecule has 0 aliphatic carbocycles. The van der Waals surface area contributed by atoms with E-state index in [2.05, 4.69) is 37.7 Å². The highest BCUT2D eigenvalue weighted by Crippen LogP contribution is 2.17. The first kappa shape index (κ1) is 15.2. The van der Waals surface area contributed by atoms with Crippen molar-refractivity contribution in [1.82, 2.24) is 14.7 Å². The highest BCUT2D eigenvalue weighted by molar-refractivity contribution is 5.24. The van der Waals surface area contributed by atoms with E-state index in [1.165, 1.54) is 11.3 Å². The predicted octanol–water partition coefficient (Wildman–Crippen LogP) is 2.11. The van der Waals surface area contributed by atoms with Gasteiger partial charge in [-0.25, -0.2) is 0 Å². The van der Waals surface area contributed by atoms with Crippen LogP contribution in [-0.4, -0.2) is 38.5 Å². The quantitative estimate of drug-likeness (QED) is 0.844. The van der Waals surface area contributed by atoms with Crippen LogP contribution in [0.15, 0.2) is 0 Å². The summed E-state index contributed by atoms with van der Waals surface area (Å²) in [6, 6.07) is 0. The molecule has 0 aliphatic heterocycles. The summed E-state index contributed by atoms with van der Waals surface area (Å²) in [4.78, 5) is 2.26. The molecule has 1 rings (SSSR count). The Hall–Kier alpha value is -0.870. The highest BCUT2D eigenvalue weighted by atomic mass is 16.3. The first-order valence-electron chi connectivity index (χ1n) is 6.76. The molecule has 18 heavy (non-hydrogen) atoms. The normalized spacial score (nSPS) is 12.4. The summed E-state index contributed by atoms with van der Waals surface area (Å²) in [5.74, 6) is 0. The van der Waals surface area contributed by atoms with Crippen molar-refractivity contribution in [2.45, 2.75) is 60.2 Å². The van der Waals surface area contributed by atoms with Gasteiger partial charge in [0.15, 0.2) is 0 Å². The van der Waals surface area contributed by atoms with Gasteiger partial charge in [0.2, 0.25) is 0 Å². The molecule has 0 atom stereocenters. The van der Waals surface area contributed by atoms with Gasteiger partial charge in [-0.1, -0.05) is 6.92 Å². The van der Waals surface area contributed by atoms with Crippen LogP contribution in [0.4, 0.5) is 0 Å². The first-order valence-corrected chi connectivity index (χ1v) is 6.76. The minimum Gasteiger partial charge on any atom is -0.389 e. The molecule has 1 aromatic rings. The van der Waals surface area contributed by atoms with Crippen molar-refractivity contribution in [3.63, 3.8) is 0 Å². The molecule has 0 aromatic carbocycles. The minimum atomic E-state index is -0.654. The summed E-state index contributed by atoms with van der Waals surface area (Å²) in [5, 5.41) is 14.5.